The van der Waals surface area contributed by atoms with Gasteiger partial charge in [-0.2, -0.15) is 0 Å². The molecule has 1 atom stereocenters. The lowest BCUT2D eigenvalue weighted by Gasteiger charge is -2.16. The average Bonchev–Trinajstić information content (AvgIpc) is 2.57. The van der Waals surface area contributed by atoms with Crippen LogP contribution in [0.4, 0.5) is 5.69 Å². The quantitative estimate of drug-likeness (QED) is 0.774. The van der Waals surface area contributed by atoms with Gasteiger partial charge >= 0.3 is 5.97 Å². The molecule has 0 saturated heterocycles. The van der Waals surface area contributed by atoms with Crippen molar-refractivity contribution in [2.24, 2.45) is 0 Å². The highest BCUT2D eigenvalue weighted by atomic mass is 35.5. The number of carbonyl (C=O) groups excluding carboxylic acids is 2. The Bertz CT molecular complexity index is 808. The third-order valence-electron chi connectivity index (χ3n) is 3.41. The predicted octanol–water partition coefficient (Wildman–Crippen LogP) is 4.49. The number of hydrogen-bond acceptors (Lipinski definition) is 4. The van der Waals surface area contributed by atoms with Crippen LogP contribution in [0.2, 0.25) is 10.0 Å². The van der Waals surface area contributed by atoms with E-state index in [0.29, 0.717) is 16.5 Å². The third kappa shape index (κ3) is 4.87. The van der Waals surface area contributed by atoms with E-state index in [-0.39, 0.29) is 10.6 Å². The topological polar surface area (TPSA) is 64.6 Å². The minimum absolute atomic E-state index is 0.0990. The molecule has 0 aromatic heterocycles. The first kappa shape index (κ1) is 19.1. The van der Waals surface area contributed by atoms with Gasteiger partial charge in [-0.1, -0.05) is 29.3 Å². The number of methoxy groups -OCH3 is 1. The summed E-state index contributed by atoms with van der Waals surface area (Å²) in [6.45, 7) is 3.35. The molecule has 0 aliphatic rings. The summed E-state index contributed by atoms with van der Waals surface area (Å²) in [6.07, 6.45) is -1.03. The largest absolute Gasteiger partial charge is 0.495 e. The van der Waals surface area contributed by atoms with Gasteiger partial charge in [0.25, 0.3) is 5.91 Å². The van der Waals surface area contributed by atoms with E-state index < -0.39 is 18.0 Å². The van der Waals surface area contributed by atoms with E-state index in [0.717, 1.165) is 5.56 Å². The number of halogens is 2. The van der Waals surface area contributed by atoms with Crippen molar-refractivity contribution in [1.29, 1.82) is 0 Å². The zero-order chi connectivity index (χ0) is 18.6. The van der Waals surface area contributed by atoms with Gasteiger partial charge in [-0.3, -0.25) is 4.79 Å². The van der Waals surface area contributed by atoms with E-state index in [1.54, 1.807) is 18.2 Å². The number of amides is 1. The summed E-state index contributed by atoms with van der Waals surface area (Å²) < 4.78 is 10.4. The Balaban J connectivity index is 2.09. The smallest absolute Gasteiger partial charge is 0.340 e. The molecule has 1 amide bonds. The minimum Gasteiger partial charge on any atom is -0.495 e. The maximum atomic E-state index is 12.3. The molecule has 1 N–H and O–H groups in total. The lowest BCUT2D eigenvalue weighted by Crippen LogP contribution is -2.30. The highest BCUT2D eigenvalue weighted by Crippen LogP contribution is 2.26. The lowest BCUT2D eigenvalue weighted by atomic mass is 10.2. The van der Waals surface area contributed by atoms with Gasteiger partial charge in [0.2, 0.25) is 0 Å². The number of hydrogen-bond donors (Lipinski definition) is 1. The highest BCUT2D eigenvalue weighted by Gasteiger charge is 2.22. The molecule has 0 fully saturated rings. The van der Waals surface area contributed by atoms with Crippen molar-refractivity contribution in [2.75, 3.05) is 12.4 Å². The van der Waals surface area contributed by atoms with Crippen molar-refractivity contribution >= 4 is 40.8 Å². The van der Waals surface area contributed by atoms with Crippen LogP contribution in [0, 0.1) is 6.92 Å². The Kier molecular flexibility index (Phi) is 6.28. The number of ether oxygens (including phenoxy) is 2. The SMILES string of the molecule is COc1ccc(C)cc1NC(=O)C(C)OC(=O)c1cc(Cl)ccc1Cl. The standard InChI is InChI=1S/C18H17Cl2NO4/c1-10-4-7-16(24-3)15(8-10)21-17(22)11(2)25-18(23)13-9-12(19)5-6-14(13)20/h4-9,11H,1-3H3,(H,21,22). The third-order valence-corrected chi connectivity index (χ3v) is 3.98. The molecular formula is C18H17Cl2NO4. The average molecular weight is 382 g/mol. The van der Waals surface area contributed by atoms with E-state index in [1.165, 1.54) is 26.2 Å². The molecule has 132 valence electrons. The Hall–Kier alpha value is -2.24. The summed E-state index contributed by atoms with van der Waals surface area (Å²) in [5, 5.41) is 3.23. The first-order valence-electron chi connectivity index (χ1n) is 7.43. The van der Waals surface area contributed by atoms with E-state index in [1.807, 2.05) is 13.0 Å². The van der Waals surface area contributed by atoms with Crippen LogP contribution in [0.25, 0.3) is 0 Å². The number of anilines is 1. The molecule has 0 bridgehead atoms. The summed E-state index contributed by atoms with van der Waals surface area (Å²) in [5.74, 6) is -0.711. The second-order valence-electron chi connectivity index (χ2n) is 5.36. The summed E-state index contributed by atoms with van der Waals surface area (Å²) in [4.78, 5) is 24.5. The van der Waals surface area contributed by atoms with Gasteiger partial charge in [-0.05, 0) is 49.7 Å². The zero-order valence-electron chi connectivity index (χ0n) is 13.9. The Labute approximate surface area is 155 Å². The molecule has 0 radical (unpaired) electrons. The number of carbonyl (C=O) groups is 2. The van der Waals surface area contributed by atoms with E-state index in [2.05, 4.69) is 5.32 Å². The molecule has 1 unspecified atom stereocenters. The van der Waals surface area contributed by atoms with Gasteiger partial charge < -0.3 is 14.8 Å². The van der Waals surface area contributed by atoms with Gasteiger partial charge in [-0.25, -0.2) is 4.79 Å². The second-order valence-corrected chi connectivity index (χ2v) is 6.21. The molecule has 7 heteroatoms. The summed E-state index contributed by atoms with van der Waals surface area (Å²) >= 11 is 11.8. The van der Waals surface area contributed by atoms with Crippen molar-refractivity contribution in [1.82, 2.24) is 0 Å². The molecule has 0 aliphatic heterocycles. The Morgan fingerprint density at radius 2 is 1.84 bits per heavy atom. The summed E-state index contributed by atoms with van der Waals surface area (Å²) in [6, 6.07) is 9.80. The van der Waals surface area contributed by atoms with Crippen LogP contribution in [0.3, 0.4) is 0 Å². The summed E-state index contributed by atoms with van der Waals surface area (Å²) in [7, 11) is 1.50. The van der Waals surface area contributed by atoms with Crippen molar-refractivity contribution < 1.29 is 19.1 Å². The van der Waals surface area contributed by atoms with Crippen LogP contribution < -0.4 is 10.1 Å². The van der Waals surface area contributed by atoms with Crippen LogP contribution in [-0.2, 0) is 9.53 Å². The van der Waals surface area contributed by atoms with Crippen molar-refractivity contribution in [3.8, 4) is 5.75 Å². The van der Waals surface area contributed by atoms with Crippen LogP contribution in [0.5, 0.6) is 5.75 Å². The minimum atomic E-state index is -1.03. The second kappa shape index (κ2) is 8.23. The number of aryl methyl sites for hydroxylation is 1. The maximum absolute atomic E-state index is 12.3. The van der Waals surface area contributed by atoms with Crippen LogP contribution >= 0.6 is 23.2 Å². The van der Waals surface area contributed by atoms with Crippen LogP contribution in [0.1, 0.15) is 22.8 Å². The monoisotopic (exact) mass is 381 g/mol. The molecule has 5 nitrogen and oxygen atoms in total. The fourth-order valence-corrected chi connectivity index (χ4v) is 2.45. The summed E-state index contributed by atoms with van der Waals surface area (Å²) in [5.41, 5.74) is 1.55. The van der Waals surface area contributed by atoms with Gasteiger partial charge in [0, 0.05) is 5.02 Å². The molecule has 2 aromatic rings. The zero-order valence-corrected chi connectivity index (χ0v) is 15.4. The Morgan fingerprint density at radius 1 is 1.12 bits per heavy atom. The molecule has 0 saturated carbocycles. The van der Waals surface area contributed by atoms with Gasteiger partial charge in [-0.15, -0.1) is 0 Å². The first-order chi connectivity index (χ1) is 11.8. The normalized spacial score (nSPS) is 11.6. The van der Waals surface area contributed by atoms with Gasteiger partial charge in [0.05, 0.1) is 23.4 Å². The molecule has 2 rings (SSSR count). The Morgan fingerprint density at radius 3 is 2.52 bits per heavy atom. The molecule has 2 aromatic carbocycles. The highest BCUT2D eigenvalue weighted by molar-refractivity contribution is 6.35. The number of nitrogens with one attached hydrogen (secondary N) is 1. The van der Waals surface area contributed by atoms with E-state index >= 15 is 0 Å². The van der Waals surface area contributed by atoms with Crippen molar-refractivity contribution in [3.05, 3.63) is 57.6 Å². The molecule has 25 heavy (non-hydrogen) atoms. The lowest BCUT2D eigenvalue weighted by molar-refractivity contribution is -0.123. The van der Waals surface area contributed by atoms with E-state index in [4.69, 9.17) is 32.7 Å². The maximum Gasteiger partial charge on any atom is 0.340 e. The van der Waals surface area contributed by atoms with Crippen molar-refractivity contribution in [3.63, 3.8) is 0 Å². The van der Waals surface area contributed by atoms with Gasteiger partial charge in [0.15, 0.2) is 6.10 Å². The molecule has 0 aliphatic carbocycles. The van der Waals surface area contributed by atoms with E-state index in [9.17, 15) is 9.59 Å². The van der Waals surface area contributed by atoms with Crippen molar-refractivity contribution in [2.45, 2.75) is 20.0 Å². The molecular weight excluding hydrogens is 365 g/mol. The number of esters is 1. The van der Waals surface area contributed by atoms with Crippen LogP contribution in [-0.4, -0.2) is 25.1 Å². The molecule has 0 spiro atoms. The van der Waals surface area contributed by atoms with Crippen LogP contribution in [0.15, 0.2) is 36.4 Å². The first-order valence-corrected chi connectivity index (χ1v) is 8.19. The number of benzene rings is 2. The number of rotatable bonds is 5. The fourth-order valence-electron chi connectivity index (χ4n) is 2.09. The van der Waals surface area contributed by atoms with Gasteiger partial charge in [0.1, 0.15) is 5.75 Å². The fraction of sp³-hybridized carbons (Fsp3) is 0.222. The predicted molar refractivity (Wildman–Crippen MR) is 97.7 cm³/mol. The molecule has 0 heterocycles.